The molecule has 96 valence electrons. The van der Waals surface area contributed by atoms with E-state index in [9.17, 15) is 0 Å². The number of hydrogen-bond donors (Lipinski definition) is 1. The Kier molecular flexibility index (Phi) is 7.63. The SMILES string of the molecule is CCOCCCNCc1ccccc1COC. The maximum absolute atomic E-state index is 5.29. The lowest BCUT2D eigenvalue weighted by Crippen LogP contribution is -2.17. The van der Waals surface area contributed by atoms with E-state index in [1.807, 2.05) is 13.0 Å². The van der Waals surface area contributed by atoms with Gasteiger partial charge < -0.3 is 14.8 Å². The van der Waals surface area contributed by atoms with Gasteiger partial charge in [0.15, 0.2) is 0 Å². The van der Waals surface area contributed by atoms with Crippen LogP contribution in [0.2, 0.25) is 0 Å². The number of benzene rings is 1. The number of ether oxygens (including phenoxy) is 2. The van der Waals surface area contributed by atoms with E-state index in [1.54, 1.807) is 7.11 Å². The van der Waals surface area contributed by atoms with Gasteiger partial charge in [-0.05, 0) is 31.0 Å². The minimum absolute atomic E-state index is 0.677. The molecular formula is C14H23NO2. The predicted molar refractivity (Wildman–Crippen MR) is 70.0 cm³/mol. The minimum atomic E-state index is 0.677. The zero-order valence-corrected chi connectivity index (χ0v) is 10.9. The first-order valence-corrected chi connectivity index (χ1v) is 6.22. The highest BCUT2D eigenvalue weighted by molar-refractivity contribution is 5.26. The lowest BCUT2D eigenvalue weighted by atomic mass is 10.1. The van der Waals surface area contributed by atoms with Crippen molar-refractivity contribution in [3.63, 3.8) is 0 Å². The first-order chi connectivity index (χ1) is 8.38. The lowest BCUT2D eigenvalue weighted by molar-refractivity contribution is 0.144. The minimum Gasteiger partial charge on any atom is -0.382 e. The fourth-order valence-electron chi connectivity index (χ4n) is 1.69. The standard InChI is InChI=1S/C14H23NO2/c1-3-17-10-6-9-15-11-13-7-4-5-8-14(13)12-16-2/h4-5,7-8,15H,3,6,9-12H2,1-2H3. The van der Waals surface area contributed by atoms with Crippen molar-refractivity contribution < 1.29 is 9.47 Å². The summed E-state index contributed by atoms with van der Waals surface area (Å²) in [5.74, 6) is 0. The smallest absolute Gasteiger partial charge is 0.0716 e. The van der Waals surface area contributed by atoms with Crippen molar-refractivity contribution >= 4 is 0 Å². The molecule has 3 nitrogen and oxygen atoms in total. The van der Waals surface area contributed by atoms with Crippen molar-refractivity contribution in [2.75, 3.05) is 26.9 Å². The molecule has 0 unspecified atom stereocenters. The summed E-state index contributed by atoms with van der Waals surface area (Å²) in [5.41, 5.74) is 2.57. The quantitative estimate of drug-likeness (QED) is 0.669. The molecule has 1 N–H and O–H groups in total. The van der Waals surface area contributed by atoms with Crippen LogP contribution >= 0.6 is 0 Å². The molecular weight excluding hydrogens is 214 g/mol. The molecule has 0 aliphatic rings. The van der Waals surface area contributed by atoms with E-state index in [0.717, 1.165) is 32.7 Å². The van der Waals surface area contributed by atoms with Crippen LogP contribution in [-0.2, 0) is 22.6 Å². The molecule has 1 aromatic rings. The van der Waals surface area contributed by atoms with Crippen LogP contribution in [-0.4, -0.2) is 26.9 Å². The van der Waals surface area contributed by atoms with Crippen molar-refractivity contribution in [2.24, 2.45) is 0 Å². The van der Waals surface area contributed by atoms with Gasteiger partial charge in [0.05, 0.1) is 6.61 Å². The van der Waals surface area contributed by atoms with Gasteiger partial charge in [-0.25, -0.2) is 0 Å². The van der Waals surface area contributed by atoms with Crippen molar-refractivity contribution in [1.29, 1.82) is 0 Å². The van der Waals surface area contributed by atoms with Crippen molar-refractivity contribution in [3.05, 3.63) is 35.4 Å². The van der Waals surface area contributed by atoms with Gasteiger partial charge in [0.25, 0.3) is 0 Å². The molecule has 0 fully saturated rings. The Balaban J connectivity index is 2.25. The molecule has 0 saturated carbocycles. The largest absolute Gasteiger partial charge is 0.382 e. The van der Waals surface area contributed by atoms with Crippen molar-refractivity contribution in [2.45, 2.75) is 26.5 Å². The second-order valence-electron chi connectivity index (χ2n) is 3.93. The Morgan fingerprint density at radius 3 is 2.65 bits per heavy atom. The molecule has 0 heterocycles. The Morgan fingerprint density at radius 1 is 1.18 bits per heavy atom. The third-order valence-electron chi connectivity index (χ3n) is 2.58. The topological polar surface area (TPSA) is 30.5 Å². The van der Waals surface area contributed by atoms with Crippen LogP contribution in [0.4, 0.5) is 0 Å². The third kappa shape index (κ3) is 5.82. The van der Waals surface area contributed by atoms with Crippen LogP contribution < -0.4 is 5.32 Å². The van der Waals surface area contributed by atoms with Gasteiger partial charge in [-0.3, -0.25) is 0 Å². The highest BCUT2D eigenvalue weighted by atomic mass is 16.5. The molecule has 17 heavy (non-hydrogen) atoms. The summed E-state index contributed by atoms with van der Waals surface area (Å²) in [7, 11) is 1.73. The third-order valence-corrected chi connectivity index (χ3v) is 2.58. The van der Waals surface area contributed by atoms with E-state index in [1.165, 1.54) is 11.1 Å². The maximum atomic E-state index is 5.29. The summed E-state index contributed by atoms with van der Waals surface area (Å²) in [6.07, 6.45) is 1.06. The Morgan fingerprint density at radius 2 is 1.94 bits per heavy atom. The summed E-state index contributed by atoms with van der Waals surface area (Å²) < 4.78 is 10.5. The van der Waals surface area contributed by atoms with Crippen LogP contribution in [0.25, 0.3) is 0 Å². The predicted octanol–water partition coefficient (Wildman–Crippen LogP) is 2.35. The number of rotatable bonds is 9. The Labute approximate surface area is 104 Å². The average molecular weight is 237 g/mol. The van der Waals surface area contributed by atoms with E-state index in [4.69, 9.17) is 9.47 Å². The second-order valence-corrected chi connectivity index (χ2v) is 3.93. The normalized spacial score (nSPS) is 10.7. The van der Waals surface area contributed by atoms with E-state index in [2.05, 4.69) is 23.5 Å². The molecule has 3 heteroatoms. The van der Waals surface area contributed by atoms with E-state index < -0.39 is 0 Å². The average Bonchev–Trinajstić information content (AvgIpc) is 2.36. The van der Waals surface area contributed by atoms with E-state index in [0.29, 0.717) is 6.61 Å². The van der Waals surface area contributed by atoms with Crippen molar-refractivity contribution in [1.82, 2.24) is 5.32 Å². The molecule has 0 amide bonds. The van der Waals surface area contributed by atoms with Crippen LogP contribution in [0, 0.1) is 0 Å². The lowest BCUT2D eigenvalue weighted by Gasteiger charge is -2.10. The number of hydrogen-bond acceptors (Lipinski definition) is 3. The summed E-state index contributed by atoms with van der Waals surface area (Å²) in [6, 6.07) is 8.37. The first kappa shape index (κ1) is 14.2. The van der Waals surface area contributed by atoms with Gasteiger partial charge in [0.2, 0.25) is 0 Å². The van der Waals surface area contributed by atoms with Crippen molar-refractivity contribution in [3.8, 4) is 0 Å². The molecule has 0 saturated heterocycles. The second kappa shape index (κ2) is 9.16. The zero-order chi connectivity index (χ0) is 12.3. The van der Waals surface area contributed by atoms with Gasteiger partial charge in [0.1, 0.15) is 0 Å². The summed E-state index contributed by atoms with van der Waals surface area (Å²) >= 11 is 0. The number of methoxy groups -OCH3 is 1. The highest BCUT2D eigenvalue weighted by Gasteiger charge is 2.00. The molecule has 1 aromatic carbocycles. The molecule has 1 rings (SSSR count). The summed E-state index contributed by atoms with van der Waals surface area (Å²) in [5, 5.41) is 3.42. The zero-order valence-electron chi connectivity index (χ0n) is 10.9. The van der Waals surface area contributed by atoms with Crippen LogP contribution in [0.5, 0.6) is 0 Å². The summed E-state index contributed by atoms with van der Waals surface area (Å²) in [6.45, 7) is 6.22. The van der Waals surface area contributed by atoms with Crippen LogP contribution in [0.1, 0.15) is 24.5 Å². The van der Waals surface area contributed by atoms with Gasteiger partial charge in [-0.1, -0.05) is 24.3 Å². The van der Waals surface area contributed by atoms with E-state index in [-0.39, 0.29) is 0 Å². The van der Waals surface area contributed by atoms with Gasteiger partial charge >= 0.3 is 0 Å². The Hall–Kier alpha value is -0.900. The fraction of sp³-hybridized carbons (Fsp3) is 0.571. The summed E-state index contributed by atoms with van der Waals surface area (Å²) in [4.78, 5) is 0. The van der Waals surface area contributed by atoms with E-state index >= 15 is 0 Å². The molecule has 0 bridgehead atoms. The Bertz CT molecular complexity index is 302. The monoisotopic (exact) mass is 237 g/mol. The molecule has 0 radical (unpaired) electrons. The molecule has 0 aliphatic heterocycles. The molecule has 0 atom stereocenters. The molecule has 0 spiro atoms. The fourth-order valence-corrected chi connectivity index (χ4v) is 1.69. The van der Waals surface area contributed by atoms with Gasteiger partial charge in [0, 0.05) is 26.9 Å². The molecule has 0 aromatic heterocycles. The first-order valence-electron chi connectivity index (χ1n) is 6.22. The molecule has 0 aliphatic carbocycles. The van der Waals surface area contributed by atoms with Crippen LogP contribution in [0.3, 0.4) is 0 Å². The van der Waals surface area contributed by atoms with Gasteiger partial charge in [-0.15, -0.1) is 0 Å². The maximum Gasteiger partial charge on any atom is 0.0716 e. The highest BCUT2D eigenvalue weighted by Crippen LogP contribution is 2.09. The number of nitrogens with one attached hydrogen (secondary N) is 1. The van der Waals surface area contributed by atoms with Crippen LogP contribution in [0.15, 0.2) is 24.3 Å². The van der Waals surface area contributed by atoms with Gasteiger partial charge in [-0.2, -0.15) is 0 Å².